The highest BCUT2D eigenvalue weighted by molar-refractivity contribution is 7.56. The summed E-state index contributed by atoms with van der Waals surface area (Å²) < 4.78 is 14.0. The second-order valence-electron chi connectivity index (χ2n) is 16.0. The Morgan fingerprint density at radius 3 is 1.16 bits per heavy atom. The number of benzene rings is 4. The molecule has 0 aliphatic heterocycles. The maximum Gasteiger partial charge on any atom is 0.326 e. The molecule has 0 fully saturated rings. The summed E-state index contributed by atoms with van der Waals surface area (Å²) in [5.74, 6) is 1.75. The molecule has 1 unspecified atom stereocenters. The smallest absolute Gasteiger partial charge is 0.326 e. The first-order valence-corrected chi connectivity index (χ1v) is 17.4. The van der Waals surface area contributed by atoms with Crippen molar-refractivity contribution in [3.05, 3.63) is 107 Å². The van der Waals surface area contributed by atoms with E-state index in [0.717, 1.165) is 16.8 Å². The van der Waals surface area contributed by atoms with E-state index in [2.05, 4.69) is 177 Å². The lowest BCUT2D eigenvalue weighted by molar-refractivity contribution is 0.466. The van der Waals surface area contributed by atoms with Crippen LogP contribution in [0.5, 0.6) is 11.5 Å². The fraction of sp³-hybridized carbons (Fsp3) is 0.400. The highest BCUT2D eigenvalue weighted by atomic mass is 31.2. The third-order valence-corrected chi connectivity index (χ3v) is 9.82. The Morgan fingerprint density at radius 2 is 0.818 bits per heavy atom. The summed E-state index contributed by atoms with van der Waals surface area (Å²) >= 11 is 0. The molecule has 0 amide bonds. The van der Waals surface area contributed by atoms with E-state index >= 15 is 0 Å². The molecule has 234 valence electrons. The van der Waals surface area contributed by atoms with Crippen LogP contribution in [0.4, 0.5) is 0 Å². The average molecular weight is 627 g/mol. The van der Waals surface area contributed by atoms with Crippen LogP contribution in [-0.2, 0) is 21.7 Å². The van der Waals surface area contributed by atoms with Gasteiger partial charge >= 0.3 is 8.38 Å². The zero-order valence-electron chi connectivity index (χ0n) is 28.9. The fourth-order valence-corrected chi connectivity index (χ4v) is 6.59. The van der Waals surface area contributed by atoms with Crippen LogP contribution in [0.15, 0.2) is 84.9 Å². The highest BCUT2D eigenvalue weighted by Gasteiger charge is 2.29. The second-order valence-corrected chi connectivity index (χ2v) is 18.1. The molecule has 0 aliphatic rings. The average Bonchev–Trinajstić information content (AvgIpc) is 2.91. The van der Waals surface area contributed by atoms with Gasteiger partial charge in [0.15, 0.2) is 0 Å². The van der Waals surface area contributed by atoms with E-state index < -0.39 is 8.38 Å². The van der Waals surface area contributed by atoms with Crippen molar-refractivity contribution >= 4 is 28.2 Å². The normalized spacial score (nSPS) is 12.9. The second kappa shape index (κ2) is 12.6. The quantitative estimate of drug-likeness (QED) is 0.198. The Hall–Kier alpha value is -2.66. The minimum Gasteiger partial charge on any atom is -0.435 e. The summed E-state index contributed by atoms with van der Waals surface area (Å²) in [6.45, 7) is 27.1. The molecule has 0 saturated heterocycles. The molecule has 4 rings (SSSR count). The Balaban J connectivity index is 1.83. The van der Waals surface area contributed by atoms with Gasteiger partial charge in [0.2, 0.25) is 0 Å². The van der Waals surface area contributed by atoms with Gasteiger partial charge in [0.25, 0.3) is 0 Å². The van der Waals surface area contributed by atoms with Crippen LogP contribution in [0.3, 0.4) is 0 Å². The molecule has 0 aromatic heterocycles. The maximum absolute atomic E-state index is 7.00. The summed E-state index contributed by atoms with van der Waals surface area (Å²) in [5, 5.41) is 2.21. The molecule has 0 aliphatic carbocycles. The van der Waals surface area contributed by atoms with Crippen LogP contribution < -0.4 is 19.7 Å². The Bertz CT molecular complexity index is 1500. The molecular formula is C40H52O2P2. The van der Waals surface area contributed by atoms with Gasteiger partial charge in [0.1, 0.15) is 11.5 Å². The molecule has 4 heteroatoms. The third kappa shape index (κ3) is 8.33. The van der Waals surface area contributed by atoms with E-state index in [4.69, 9.17) is 9.05 Å². The van der Waals surface area contributed by atoms with Gasteiger partial charge in [-0.3, -0.25) is 0 Å². The first-order chi connectivity index (χ1) is 20.2. The molecule has 4 aromatic rings. The molecule has 0 radical (unpaired) electrons. The van der Waals surface area contributed by atoms with E-state index in [-0.39, 0.29) is 21.7 Å². The van der Waals surface area contributed by atoms with Crippen molar-refractivity contribution in [2.24, 2.45) is 0 Å². The lowest BCUT2D eigenvalue weighted by Gasteiger charge is -2.30. The number of hydrogen-bond donors (Lipinski definition) is 0. The standard InChI is InChI=1S/C40H52O2P2/c1-37(2,3)29-17-23-35(33(25-29)39(7,8)9)41-44(32-21-15-28(16-22-32)27-13-19-31(43)20-14-27)42-36-24-18-30(38(4,5)6)26-34(36)40(10,11)12/h13-26H,43H2,1-12H3. The van der Waals surface area contributed by atoms with Crippen LogP contribution in [0, 0.1) is 0 Å². The van der Waals surface area contributed by atoms with Gasteiger partial charge in [-0.05, 0) is 73.5 Å². The van der Waals surface area contributed by atoms with Gasteiger partial charge in [-0.2, -0.15) is 0 Å². The zero-order valence-corrected chi connectivity index (χ0v) is 31.0. The third-order valence-electron chi connectivity index (χ3n) is 7.99. The van der Waals surface area contributed by atoms with E-state index in [9.17, 15) is 0 Å². The molecule has 44 heavy (non-hydrogen) atoms. The molecule has 1 atom stereocenters. The number of hydrogen-bond acceptors (Lipinski definition) is 2. The minimum atomic E-state index is -1.50. The first kappa shape index (κ1) is 34.2. The van der Waals surface area contributed by atoms with Crippen molar-refractivity contribution < 1.29 is 9.05 Å². The van der Waals surface area contributed by atoms with Crippen molar-refractivity contribution in [2.45, 2.75) is 105 Å². The van der Waals surface area contributed by atoms with Gasteiger partial charge in [-0.15, -0.1) is 9.24 Å². The van der Waals surface area contributed by atoms with Crippen LogP contribution in [0.1, 0.15) is 105 Å². The Morgan fingerprint density at radius 1 is 0.455 bits per heavy atom. The highest BCUT2D eigenvalue weighted by Crippen LogP contribution is 2.47. The largest absolute Gasteiger partial charge is 0.435 e. The lowest BCUT2D eigenvalue weighted by atomic mass is 9.80. The van der Waals surface area contributed by atoms with Gasteiger partial charge in [0.05, 0.1) is 5.30 Å². The maximum atomic E-state index is 7.00. The summed E-state index contributed by atoms with van der Waals surface area (Å²) in [6.07, 6.45) is 0. The summed E-state index contributed by atoms with van der Waals surface area (Å²) in [5.41, 5.74) is 7.22. The predicted molar refractivity (Wildman–Crippen MR) is 197 cm³/mol. The van der Waals surface area contributed by atoms with Crippen molar-refractivity contribution in [1.82, 2.24) is 0 Å². The SMILES string of the molecule is CC(C)(C)c1ccc(OP(Oc2ccc(C(C)(C)C)cc2C(C)(C)C)c2ccc(-c3ccc(P)cc3)cc2)c(C(C)(C)C)c1. The van der Waals surface area contributed by atoms with Crippen LogP contribution in [0.25, 0.3) is 11.1 Å². The summed E-state index contributed by atoms with van der Waals surface area (Å²) in [6, 6.07) is 30.6. The van der Waals surface area contributed by atoms with E-state index in [0.29, 0.717) is 0 Å². The van der Waals surface area contributed by atoms with Crippen LogP contribution in [-0.4, -0.2) is 0 Å². The van der Waals surface area contributed by atoms with Gasteiger partial charge in [-0.25, -0.2) is 0 Å². The minimum absolute atomic E-state index is 0.0423. The van der Waals surface area contributed by atoms with Gasteiger partial charge in [-0.1, -0.05) is 144 Å². The Kier molecular flexibility index (Phi) is 9.81. The lowest BCUT2D eigenvalue weighted by Crippen LogP contribution is -2.20. The molecule has 0 spiro atoms. The van der Waals surface area contributed by atoms with E-state index in [1.54, 1.807) is 0 Å². The van der Waals surface area contributed by atoms with Crippen LogP contribution in [0.2, 0.25) is 0 Å². The van der Waals surface area contributed by atoms with Crippen LogP contribution >= 0.6 is 17.6 Å². The zero-order chi connectivity index (χ0) is 32.7. The Labute approximate surface area is 271 Å². The number of rotatable bonds is 6. The molecule has 0 saturated carbocycles. The summed E-state index contributed by atoms with van der Waals surface area (Å²) in [4.78, 5) is 0. The van der Waals surface area contributed by atoms with Crippen molar-refractivity contribution in [1.29, 1.82) is 0 Å². The molecule has 4 aromatic carbocycles. The topological polar surface area (TPSA) is 18.5 Å². The van der Waals surface area contributed by atoms with Gasteiger partial charge in [0, 0.05) is 11.1 Å². The molecule has 0 N–H and O–H groups in total. The van der Waals surface area contributed by atoms with E-state index in [1.165, 1.54) is 38.7 Å². The molecule has 2 nitrogen and oxygen atoms in total. The molecular weight excluding hydrogens is 574 g/mol. The van der Waals surface area contributed by atoms with Crippen molar-refractivity contribution in [3.63, 3.8) is 0 Å². The fourth-order valence-electron chi connectivity index (χ4n) is 5.08. The molecule has 0 heterocycles. The molecule has 0 bridgehead atoms. The monoisotopic (exact) mass is 626 g/mol. The van der Waals surface area contributed by atoms with Gasteiger partial charge < -0.3 is 9.05 Å². The van der Waals surface area contributed by atoms with E-state index in [1.807, 2.05) is 0 Å². The van der Waals surface area contributed by atoms with Crippen molar-refractivity contribution in [3.8, 4) is 22.6 Å². The summed E-state index contributed by atoms with van der Waals surface area (Å²) in [7, 11) is 1.26. The van der Waals surface area contributed by atoms with Crippen molar-refractivity contribution in [2.75, 3.05) is 0 Å². The first-order valence-electron chi connectivity index (χ1n) is 15.7. The predicted octanol–water partition coefficient (Wildman–Crippen LogP) is 11.1.